The van der Waals surface area contributed by atoms with E-state index in [0.29, 0.717) is 36.5 Å². The van der Waals surface area contributed by atoms with Crippen LogP contribution in [-0.4, -0.2) is 30.7 Å². The molecule has 0 N–H and O–H groups in total. The highest BCUT2D eigenvalue weighted by Gasteiger charge is 2.54. The van der Waals surface area contributed by atoms with Gasteiger partial charge in [0.15, 0.2) is 0 Å². The number of hydrogen-bond donors (Lipinski definition) is 0. The zero-order valence-electron chi connectivity index (χ0n) is 22.2. The maximum atomic E-state index is 12.7. The molecule has 36 heavy (non-hydrogen) atoms. The van der Waals surface area contributed by atoms with Crippen molar-refractivity contribution in [3.8, 4) is 5.75 Å². The van der Waals surface area contributed by atoms with Crippen molar-refractivity contribution in [2.75, 3.05) is 14.2 Å². The molecule has 2 aromatic rings. The molecule has 4 atom stereocenters. The number of aryl methyl sites for hydroxylation is 2. The average Bonchev–Trinajstić information content (AvgIpc) is 3.20. The molecule has 0 bridgehead atoms. The molecule has 0 spiro atoms. The Morgan fingerprint density at radius 1 is 1.08 bits per heavy atom. The molecule has 2 aromatic carbocycles. The van der Waals surface area contributed by atoms with Gasteiger partial charge in [0.2, 0.25) is 5.91 Å². The summed E-state index contributed by atoms with van der Waals surface area (Å²) in [6, 6.07) is 14.9. The van der Waals surface area contributed by atoms with E-state index in [-0.39, 0.29) is 11.3 Å². The van der Waals surface area contributed by atoms with Gasteiger partial charge in [0.1, 0.15) is 11.5 Å². The number of benzene rings is 2. The fourth-order valence-electron chi connectivity index (χ4n) is 7.53. The van der Waals surface area contributed by atoms with Crippen molar-refractivity contribution in [3.63, 3.8) is 0 Å². The number of carbonyl (C=O) groups is 2. The molecule has 2 fully saturated rings. The van der Waals surface area contributed by atoms with E-state index < -0.39 is 0 Å². The van der Waals surface area contributed by atoms with Crippen molar-refractivity contribution in [2.24, 2.45) is 17.3 Å². The second-order valence-corrected chi connectivity index (χ2v) is 11.6. The number of hydrogen-bond acceptors (Lipinski definition) is 3. The van der Waals surface area contributed by atoms with Gasteiger partial charge in [-0.05, 0) is 97.4 Å². The largest absolute Gasteiger partial charge is 0.496 e. The van der Waals surface area contributed by atoms with Crippen LogP contribution in [0, 0.1) is 17.3 Å². The maximum Gasteiger partial charge on any atom is 0.222 e. The molecule has 5 rings (SSSR count). The number of unbranched alkanes of at least 4 members (excludes halogenated alkanes) is 1. The minimum absolute atomic E-state index is 0.0752. The molecule has 0 saturated heterocycles. The zero-order chi connectivity index (χ0) is 25.3. The first-order valence-electron chi connectivity index (χ1n) is 13.9. The molecule has 0 heterocycles. The van der Waals surface area contributed by atoms with Crippen molar-refractivity contribution >= 4 is 11.7 Å². The van der Waals surface area contributed by atoms with E-state index in [1.54, 1.807) is 7.11 Å². The van der Waals surface area contributed by atoms with Crippen LogP contribution in [0.4, 0.5) is 0 Å². The van der Waals surface area contributed by atoms with E-state index in [0.717, 1.165) is 62.7 Å². The van der Waals surface area contributed by atoms with E-state index in [2.05, 4.69) is 31.2 Å². The summed E-state index contributed by atoms with van der Waals surface area (Å²) in [6.07, 6.45) is 9.70. The smallest absolute Gasteiger partial charge is 0.222 e. The lowest BCUT2D eigenvalue weighted by Gasteiger charge is -2.48. The van der Waals surface area contributed by atoms with Gasteiger partial charge >= 0.3 is 0 Å². The van der Waals surface area contributed by atoms with Crippen molar-refractivity contribution in [1.29, 1.82) is 0 Å². The highest BCUT2D eigenvalue weighted by atomic mass is 16.5. The van der Waals surface area contributed by atoms with Gasteiger partial charge < -0.3 is 9.64 Å². The molecular formula is C32H41NO3. The Bertz CT molecular complexity index is 1110. The summed E-state index contributed by atoms with van der Waals surface area (Å²) in [6.45, 7) is 2.91. The van der Waals surface area contributed by atoms with Crippen molar-refractivity contribution in [1.82, 2.24) is 4.90 Å². The van der Waals surface area contributed by atoms with Crippen LogP contribution in [0.15, 0.2) is 42.5 Å². The molecule has 4 nitrogen and oxygen atoms in total. The Labute approximate surface area is 216 Å². The summed E-state index contributed by atoms with van der Waals surface area (Å²) in [7, 11) is 3.67. The second-order valence-electron chi connectivity index (χ2n) is 11.6. The Hall–Kier alpha value is -2.62. The summed E-state index contributed by atoms with van der Waals surface area (Å²) in [5, 5.41) is 0. The van der Waals surface area contributed by atoms with E-state index in [1.807, 2.05) is 30.1 Å². The van der Waals surface area contributed by atoms with E-state index >= 15 is 0 Å². The molecule has 192 valence electrons. The lowest BCUT2D eigenvalue weighted by atomic mass is 9.55. The van der Waals surface area contributed by atoms with Gasteiger partial charge in [-0.25, -0.2) is 0 Å². The van der Waals surface area contributed by atoms with Crippen molar-refractivity contribution < 1.29 is 14.3 Å². The SMILES string of the molecule is COc1cc2c(cc1CCCCC(=O)N(C)Cc1ccccc1)C1CC[C@]3(C)C(=O)CCC3C1CC2. The number of ether oxygens (including phenoxy) is 1. The second kappa shape index (κ2) is 10.4. The van der Waals surface area contributed by atoms with Gasteiger partial charge in [-0.3, -0.25) is 9.59 Å². The minimum Gasteiger partial charge on any atom is -0.496 e. The van der Waals surface area contributed by atoms with Gasteiger partial charge in [-0.1, -0.05) is 43.3 Å². The quantitative estimate of drug-likeness (QED) is 0.400. The Kier molecular flexibility index (Phi) is 7.23. The molecule has 1 amide bonds. The summed E-state index contributed by atoms with van der Waals surface area (Å²) in [5.41, 5.74) is 5.33. The predicted molar refractivity (Wildman–Crippen MR) is 143 cm³/mol. The van der Waals surface area contributed by atoms with Gasteiger partial charge in [-0.2, -0.15) is 0 Å². The van der Waals surface area contributed by atoms with Crippen LogP contribution in [0.2, 0.25) is 0 Å². The van der Waals surface area contributed by atoms with Crippen LogP contribution < -0.4 is 4.74 Å². The van der Waals surface area contributed by atoms with E-state index in [9.17, 15) is 9.59 Å². The molecule has 3 unspecified atom stereocenters. The number of Topliss-reactive ketones (excluding diaryl/α,β-unsaturated/α-hetero) is 1. The van der Waals surface area contributed by atoms with Crippen molar-refractivity contribution in [2.45, 2.75) is 83.6 Å². The summed E-state index contributed by atoms with van der Waals surface area (Å²) in [4.78, 5) is 27.2. The summed E-state index contributed by atoms with van der Waals surface area (Å²) >= 11 is 0. The normalized spacial score (nSPS) is 26.6. The van der Waals surface area contributed by atoms with Gasteiger partial charge in [0.05, 0.1) is 7.11 Å². The number of methoxy groups -OCH3 is 1. The van der Waals surface area contributed by atoms with E-state index in [4.69, 9.17) is 4.74 Å². The summed E-state index contributed by atoms with van der Waals surface area (Å²) in [5.74, 6) is 3.49. The first-order valence-corrected chi connectivity index (χ1v) is 13.9. The molecule has 4 heteroatoms. The fraction of sp³-hybridized carbons (Fsp3) is 0.562. The molecule has 2 saturated carbocycles. The van der Waals surface area contributed by atoms with Crippen LogP contribution >= 0.6 is 0 Å². The third-order valence-electron chi connectivity index (χ3n) is 9.61. The van der Waals surface area contributed by atoms with Crippen LogP contribution in [0.5, 0.6) is 5.75 Å². The van der Waals surface area contributed by atoms with Crippen LogP contribution in [0.25, 0.3) is 0 Å². The fourth-order valence-corrected chi connectivity index (χ4v) is 7.53. The van der Waals surface area contributed by atoms with Crippen LogP contribution in [-0.2, 0) is 29.0 Å². The van der Waals surface area contributed by atoms with Gasteiger partial charge in [0.25, 0.3) is 0 Å². The number of fused-ring (bicyclic) bond motifs is 5. The molecule has 0 aromatic heterocycles. The number of amides is 1. The standard InChI is InChI=1S/C32H41NO3/c1-32-18-17-25-26(28(32)15-16-30(32)34)14-13-23-20-29(36-3)24(19-27(23)25)11-7-8-12-31(35)33(2)21-22-9-5-4-6-10-22/h4-6,9-10,19-20,25-26,28H,7-8,11-18,21H2,1-3H3/t25?,26?,28?,32-/m0/s1. The molecule has 3 aliphatic carbocycles. The predicted octanol–water partition coefficient (Wildman–Crippen LogP) is 6.49. The molecule has 3 aliphatic rings. The van der Waals surface area contributed by atoms with Gasteiger partial charge in [-0.15, -0.1) is 0 Å². The molecule has 0 aliphatic heterocycles. The Morgan fingerprint density at radius 2 is 1.89 bits per heavy atom. The highest BCUT2D eigenvalue weighted by molar-refractivity contribution is 5.87. The first-order chi connectivity index (χ1) is 17.4. The maximum absolute atomic E-state index is 12.7. The van der Waals surface area contributed by atoms with Gasteiger partial charge in [0, 0.05) is 31.8 Å². The Morgan fingerprint density at radius 3 is 2.67 bits per heavy atom. The topological polar surface area (TPSA) is 46.6 Å². The summed E-state index contributed by atoms with van der Waals surface area (Å²) < 4.78 is 5.81. The third kappa shape index (κ3) is 4.71. The number of carbonyl (C=O) groups excluding carboxylic acids is 2. The van der Waals surface area contributed by atoms with E-state index in [1.165, 1.54) is 23.1 Å². The number of ketones is 1. The van der Waals surface area contributed by atoms with Crippen LogP contribution in [0.3, 0.4) is 0 Å². The minimum atomic E-state index is -0.0752. The highest BCUT2D eigenvalue weighted by Crippen LogP contribution is 2.59. The molecular weight excluding hydrogens is 446 g/mol. The monoisotopic (exact) mass is 487 g/mol. The molecule has 0 radical (unpaired) electrons. The van der Waals surface area contributed by atoms with Crippen LogP contribution in [0.1, 0.15) is 86.5 Å². The third-order valence-corrected chi connectivity index (χ3v) is 9.61. The number of nitrogens with zero attached hydrogens (tertiary/aromatic N) is 1. The average molecular weight is 488 g/mol. The zero-order valence-corrected chi connectivity index (χ0v) is 22.2. The Balaban J connectivity index is 1.22. The lowest BCUT2D eigenvalue weighted by molar-refractivity contribution is -0.130. The number of rotatable bonds is 8. The lowest BCUT2D eigenvalue weighted by Crippen LogP contribution is -2.42. The van der Waals surface area contributed by atoms with Crippen molar-refractivity contribution in [3.05, 3.63) is 64.7 Å². The first kappa shape index (κ1) is 25.0.